The Kier molecular flexibility index (Phi) is 6.98. The van der Waals surface area contributed by atoms with Crippen molar-refractivity contribution in [3.05, 3.63) is 58.7 Å². The van der Waals surface area contributed by atoms with Crippen molar-refractivity contribution in [2.75, 3.05) is 11.9 Å². The summed E-state index contributed by atoms with van der Waals surface area (Å²) in [5.41, 5.74) is 6.08. The zero-order valence-corrected chi connectivity index (χ0v) is 19.1. The molecule has 5 nitrogen and oxygen atoms in total. The fraction of sp³-hybridized carbons (Fsp3) is 0.375. The minimum absolute atomic E-state index is 0.0412. The van der Waals surface area contributed by atoms with E-state index in [1.165, 1.54) is 17.3 Å². The lowest BCUT2D eigenvalue weighted by atomic mass is 10.1. The third-order valence-corrected chi connectivity index (χ3v) is 6.40. The third-order valence-electron chi connectivity index (χ3n) is 5.22. The van der Waals surface area contributed by atoms with E-state index in [0.29, 0.717) is 11.7 Å². The van der Waals surface area contributed by atoms with Gasteiger partial charge in [0.15, 0.2) is 5.17 Å². The fourth-order valence-electron chi connectivity index (χ4n) is 3.30. The van der Waals surface area contributed by atoms with Crippen LogP contribution >= 0.6 is 11.8 Å². The van der Waals surface area contributed by atoms with Gasteiger partial charge in [0.05, 0.1) is 5.69 Å². The Labute approximate surface area is 183 Å². The molecule has 0 unspecified atom stereocenters. The average molecular weight is 424 g/mol. The molecular formula is C24H29N3O2S. The molecule has 1 N–H and O–H groups in total. The standard InChI is InChI=1S/C24H29N3O2S/c1-6-11-27-23(29)21(14-22(28)26-20-12-15(2)7-8-17(20)4)30-24(27)25-19-10-9-16(3)18(5)13-19/h7-10,12-13,21H,6,11,14H2,1-5H3,(H,26,28)/t21-/m1/s1. The van der Waals surface area contributed by atoms with E-state index in [-0.39, 0.29) is 18.2 Å². The summed E-state index contributed by atoms with van der Waals surface area (Å²) >= 11 is 1.38. The number of carbonyl (C=O) groups is 2. The highest BCUT2D eigenvalue weighted by Gasteiger charge is 2.38. The lowest BCUT2D eigenvalue weighted by molar-refractivity contribution is -0.128. The zero-order chi connectivity index (χ0) is 21.8. The van der Waals surface area contributed by atoms with Crippen molar-refractivity contribution in [3.63, 3.8) is 0 Å². The molecule has 0 aliphatic carbocycles. The second-order valence-corrected chi connectivity index (χ2v) is 9.00. The number of thioether (sulfide) groups is 1. The monoisotopic (exact) mass is 423 g/mol. The van der Waals surface area contributed by atoms with Crippen LogP contribution in [0.25, 0.3) is 0 Å². The molecule has 0 saturated carbocycles. The summed E-state index contributed by atoms with van der Waals surface area (Å²) in [5.74, 6) is -0.195. The summed E-state index contributed by atoms with van der Waals surface area (Å²) in [4.78, 5) is 32.1. The largest absolute Gasteiger partial charge is 0.326 e. The topological polar surface area (TPSA) is 61.8 Å². The SMILES string of the molecule is CCCN1C(=O)[C@@H](CC(=O)Nc2cc(C)ccc2C)SC1=Nc1ccc(C)c(C)c1. The van der Waals surface area contributed by atoms with E-state index >= 15 is 0 Å². The van der Waals surface area contributed by atoms with Crippen LogP contribution in [0.1, 0.15) is 42.0 Å². The molecule has 0 aromatic heterocycles. The number of benzene rings is 2. The lowest BCUT2D eigenvalue weighted by Crippen LogP contribution is -2.34. The summed E-state index contributed by atoms with van der Waals surface area (Å²) in [6, 6.07) is 12.0. The summed E-state index contributed by atoms with van der Waals surface area (Å²) in [7, 11) is 0. The Morgan fingerprint density at radius 1 is 1.07 bits per heavy atom. The summed E-state index contributed by atoms with van der Waals surface area (Å²) < 4.78 is 0. The van der Waals surface area contributed by atoms with Gasteiger partial charge in [-0.3, -0.25) is 14.5 Å². The van der Waals surface area contributed by atoms with Gasteiger partial charge < -0.3 is 5.32 Å². The zero-order valence-electron chi connectivity index (χ0n) is 18.3. The molecule has 2 amide bonds. The number of aliphatic imine (C=N–C) groups is 1. The van der Waals surface area contributed by atoms with Crippen molar-refractivity contribution in [1.82, 2.24) is 4.90 Å². The molecule has 1 aliphatic heterocycles. The molecule has 1 fully saturated rings. The molecule has 2 aromatic carbocycles. The number of anilines is 1. The Morgan fingerprint density at radius 2 is 1.80 bits per heavy atom. The number of hydrogen-bond donors (Lipinski definition) is 1. The normalized spacial score (nSPS) is 17.6. The molecular weight excluding hydrogens is 394 g/mol. The third kappa shape index (κ3) is 5.11. The van der Waals surface area contributed by atoms with Gasteiger partial charge in [-0.05, 0) is 74.6 Å². The smallest absolute Gasteiger partial charge is 0.242 e. The summed E-state index contributed by atoms with van der Waals surface area (Å²) in [6.45, 7) is 10.7. The number of aryl methyl sites for hydroxylation is 4. The van der Waals surface area contributed by atoms with Gasteiger partial charge in [0, 0.05) is 18.7 Å². The second kappa shape index (κ2) is 9.47. The molecule has 2 aromatic rings. The van der Waals surface area contributed by atoms with E-state index < -0.39 is 5.25 Å². The van der Waals surface area contributed by atoms with Gasteiger partial charge in [0.25, 0.3) is 0 Å². The van der Waals surface area contributed by atoms with Gasteiger partial charge in [-0.15, -0.1) is 0 Å². The van der Waals surface area contributed by atoms with E-state index in [1.54, 1.807) is 4.90 Å². The van der Waals surface area contributed by atoms with Crippen molar-refractivity contribution in [2.45, 2.75) is 52.7 Å². The number of carbonyl (C=O) groups excluding carboxylic acids is 2. The predicted molar refractivity (Wildman–Crippen MR) is 126 cm³/mol. The number of nitrogens with zero attached hydrogens (tertiary/aromatic N) is 2. The van der Waals surface area contributed by atoms with Crippen LogP contribution in [0.5, 0.6) is 0 Å². The van der Waals surface area contributed by atoms with E-state index in [1.807, 2.05) is 57.2 Å². The Morgan fingerprint density at radius 3 is 2.50 bits per heavy atom. The first-order valence-electron chi connectivity index (χ1n) is 10.3. The second-order valence-electron chi connectivity index (χ2n) is 7.83. The van der Waals surface area contributed by atoms with E-state index in [4.69, 9.17) is 4.99 Å². The van der Waals surface area contributed by atoms with Crippen molar-refractivity contribution in [2.24, 2.45) is 4.99 Å². The van der Waals surface area contributed by atoms with Gasteiger partial charge >= 0.3 is 0 Å². The van der Waals surface area contributed by atoms with Crippen LogP contribution in [0.3, 0.4) is 0 Å². The van der Waals surface area contributed by atoms with Gasteiger partial charge in [-0.2, -0.15) is 0 Å². The molecule has 1 atom stereocenters. The van der Waals surface area contributed by atoms with Crippen molar-refractivity contribution in [3.8, 4) is 0 Å². The van der Waals surface area contributed by atoms with Crippen LogP contribution in [0, 0.1) is 27.7 Å². The van der Waals surface area contributed by atoms with Crippen LogP contribution in [0.15, 0.2) is 41.4 Å². The maximum atomic E-state index is 13.0. The first kappa shape index (κ1) is 22.1. The Hall–Kier alpha value is -2.60. The molecule has 6 heteroatoms. The van der Waals surface area contributed by atoms with Crippen LogP contribution in [0.4, 0.5) is 11.4 Å². The molecule has 0 bridgehead atoms. The average Bonchev–Trinajstić information content (AvgIpc) is 2.96. The summed E-state index contributed by atoms with van der Waals surface area (Å²) in [5, 5.41) is 3.18. The maximum absolute atomic E-state index is 13.0. The number of amides is 2. The molecule has 0 radical (unpaired) electrons. The molecule has 30 heavy (non-hydrogen) atoms. The Bertz CT molecular complexity index is 1000. The highest BCUT2D eigenvalue weighted by Crippen LogP contribution is 2.32. The van der Waals surface area contributed by atoms with Crippen LogP contribution in [-0.4, -0.2) is 33.7 Å². The van der Waals surface area contributed by atoms with Crippen LogP contribution < -0.4 is 5.32 Å². The molecule has 158 valence electrons. The molecule has 3 rings (SSSR count). The highest BCUT2D eigenvalue weighted by atomic mass is 32.2. The quantitative estimate of drug-likeness (QED) is 0.687. The highest BCUT2D eigenvalue weighted by molar-refractivity contribution is 8.15. The first-order valence-corrected chi connectivity index (χ1v) is 11.2. The molecule has 1 aliphatic rings. The van der Waals surface area contributed by atoms with Gasteiger partial charge in [-0.25, -0.2) is 4.99 Å². The van der Waals surface area contributed by atoms with E-state index in [0.717, 1.165) is 34.5 Å². The van der Waals surface area contributed by atoms with E-state index in [9.17, 15) is 9.59 Å². The van der Waals surface area contributed by atoms with Gasteiger partial charge in [0.1, 0.15) is 5.25 Å². The van der Waals surface area contributed by atoms with Crippen molar-refractivity contribution >= 4 is 40.1 Å². The predicted octanol–water partition coefficient (Wildman–Crippen LogP) is 5.29. The van der Waals surface area contributed by atoms with Gasteiger partial charge in [0.2, 0.25) is 11.8 Å². The van der Waals surface area contributed by atoms with Crippen LogP contribution in [0.2, 0.25) is 0 Å². The number of nitrogens with one attached hydrogen (secondary N) is 1. The Balaban J connectivity index is 1.76. The van der Waals surface area contributed by atoms with Gasteiger partial charge in [-0.1, -0.05) is 36.9 Å². The number of amidine groups is 1. The fourth-order valence-corrected chi connectivity index (χ4v) is 4.48. The number of hydrogen-bond acceptors (Lipinski definition) is 4. The molecule has 0 spiro atoms. The summed E-state index contributed by atoms with van der Waals surface area (Å²) in [6.07, 6.45) is 0.961. The minimum Gasteiger partial charge on any atom is -0.326 e. The molecule has 1 heterocycles. The maximum Gasteiger partial charge on any atom is 0.242 e. The first-order chi connectivity index (χ1) is 14.3. The van der Waals surface area contributed by atoms with E-state index in [2.05, 4.69) is 19.2 Å². The lowest BCUT2D eigenvalue weighted by Gasteiger charge is -2.15. The minimum atomic E-state index is -0.452. The van der Waals surface area contributed by atoms with Crippen LogP contribution in [-0.2, 0) is 9.59 Å². The van der Waals surface area contributed by atoms with Crippen molar-refractivity contribution < 1.29 is 9.59 Å². The van der Waals surface area contributed by atoms with Crippen molar-refractivity contribution in [1.29, 1.82) is 0 Å². The number of rotatable bonds is 6. The molecule has 1 saturated heterocycles.